The van der Waals surface area contributed by atoms with E-state index >= 15 is 0 Å². The number of fused-ring (bicyclic) bond motifs is 2. The van der Waals surface area contributed by atoms with Crippen LogP contribution in [0, 0.1) is 6.92 Å². The summed E-state index contributed by atoms with van der Waals surface area (Å²) in [6.45, 7) is 1.61. The Morgan fingerprint density at radius 3 is 2.59 bits per heavy atom. The molecule has 0 fully saturated rings. The van der Waals surface area contributed by atoms with Crippen LogP contribution < -0.4 is 19.7 Å². The molecule has 0 aliphatic carbocycles. The molecule has 0 radical (unpaired) electrons. The zero-order chi connectivity index (χ0) is 23.9. The smallest absolute Gasteiger partial charge is 0.244 e. The van der Waals surface area contributed by atoms with Gasteiger partial charge in [0.2, 0.25) is 18.6 Å². The minimum atomic E-state index is -3.95. The van der Waals surface area contributed by atoms with Crippen LogP contribution in [0.2, 0.25) is 0 Å². The summed E-state index contributed by atoms with van der Waals surface area (Å²) in [5, 5.41) is 1.68. The van der Waals surface area contributed by atoms with E-state index in [0.29, 0.717) is 22.7 Å². The summed E-state index contributed by atoms with van der Waals surface area (Å²) in [6, 6.07) is 18.4. The Morgan fingerprint density at radius 2 is 1.76 bits per heavy atom. The second kappa shape index (κ2) is 8.49. The topological polar surface area (TPSA) is 102 Å². The Morgan fingerprint density at radius 1 is 1.03 bits per heavy atom. The summed E-state index contributed by atoms with van der Waals surface area (Å²) < 4.78 is 38.1. The molecule has 1 atom stereocenters. The summed E-state index contributed by atoms with van der Waals surface area (Å²) in [7, 11) is -3.95. The number of ether oxygens (including phenoxy) is 2. The van der Waals surface area contributed by atoms with Gasteiger partial charge in [0.25, 0.3) is 0 Å². The standard InChI is InChI=1S/C25H22N2O6S/c1-16-6-2-3-7-18(16)26-24(28)14-27-19-8-4-5-9-22(19)34(30,31)23(13-25(27)29)17-10-11-20-21(12-17)33-15-32-20/h2-12,23H,13-15H2,1H3,(H,26,28). The van der Waals surface area contributed by atoms with E-state index in [4.69, 9.17) is 9.47 Å². The van der Waals surface area contributed by atoms with Crippen LogP contribution in [0.4, 0.5) is 11.4 Å². The first-order valence-corrected chi connectivity index (χ1v) is 12.3. The van der Waals surface area contributed by atoms with E-state index in [-0.39, 0.29) is 30.3 Å². The van der Waals surface area contributed by atoms with Crippen molar-refractivity contribution in [3.63, 3.8) is 0 Å². The van der Waals surface area contributed by atoms with Crippen molar-refractivity contribution >= 4 is 33.0 Å². The summed E-state index contributed by atoms with van der Waals surface area (Å²) in [5.41, 5.74) is 2.13. The summed E-state index contributed by atoms with van der Waals surface area (Å²) in [5.74, 6) is 0.0793. The first-order valence-electron chi connectivity index (χ1n) is 10.7. The first-order chi connectivity index (χ1) is 16.3. The fourth-order valence-electron chi connectivity index (χ4n) is 4.22. The lowest BCUT2D eigenvalue weighted by Gasteiger charge is -2.22. The van der Waals surface area contributed by atoms with Gasteiger partial charge >= 0.3 is 0 Å². The van der Waals surface area contributed by atoms with E-state index in [0.717, 1.165) is 5.56 Å². The molecule has 0 spiro atoms. The molecule has 5 rings (SSSR count). The lowest BCUT2D eigenvalue weighted by Crippen LogP contribution is -2.38. The Hall–Kier alpha value is -3.85. The van der Waals surface area contributed by atoms with E-state index in [9.17, 15) is 18.0 Å². The Labute approximate surface area is 197 Å². The quantitative estimate of drug-likeness (QED) is 0.615. The third-order valence-electron chi connectivity index (χ3n) is 5.99. The number of anilines is 2. The third-order valence-corrected chi connectivity index (χ3v) is 8.13. The van der Waals surface area contributed by atoms with Gasteiger partial charge in [-0.25, -0.2) is 8.42 Å². The fourth-order valence-corrected chi connectivity index (χ4v) is 6.13. The van der Waals surface area contributed by atoms with Gasteiger partial charge in [0.15, 0.2) is 21.3 Å². The molecular weight excluding hydrogens is 456 g/mol. The third kappa shape index (κ3) is 3.88. The van der Waals surface area contributed by atoms with Crippen LogP contribution in [-0.2, 0) is 19.4 Å². The molecule has 2 aliphatic heterocycles. The van der Waals surface area contributed by atoms with Crippen LogP contribution in [-0.4, -0.2) is 33.6 Å². The van der Waals surface area contributed by atoms with Crippen LogP contribution in [0.3, 0.4) is 0 Å². The average molecular weight is 479 g/mol. The van der Waals surface area contributed by atoms with Gasteiger partial charge in [0.1, 0.15) is 6.54 Å². The van der Waals surface area contributed by atoms with Crippen molar-refractivity contribution in [1.29, 1.82) is 0 Å². The van der Waals surface area contributed by atoms with Crippen LogP contribution in [0.1, 0.15) is 22.8 Å². The summed E-state index contributed by atoms with van der Waals surface area (Å²) in [6.07, 6.45) is -0.311. The zero-order valence-corrected chi connectivity index (χ0v) is 19.2. The van der Waals surface area contributed by atoms with Gasteiger partial charge in [-0.05, 0) is 48.4 Å². The number of aryl methyl sites for hydroxylation is 1. The number of nitrogens with zero attached hydrogens (tertiary/aromatic N) is 1. The van der Waals surface area contributed by atoms with Crippen molar-refractivity contribution in [2.75, 3.05) is 23.6 Å². The molecule has 8 nitrogen and oxygen atoms in total. The van der Waals surface area contributed by atoms with E-state index < -0.39 is 26.9 Å². The normalized spacial score (nSPS) is 18.2. The highest BCUT2D eigenvalue weighted by Crippen LogP contribution is 2.43. The number of sulfone groups is 1. The highest BCUT2D eigenvalue weighted by molar-refractivity contribution is 7.92. The SMILES string of the molecule is Cc1ccccc1NC(=O)CN1C(=O)CC(c2ccc3c(c2)OCO3)S(=O)(=O)c2ccccc21. The molecule has 1 N–H and O–H groups in total. The number of para-hydroxylation sites is 2. The number of hydrogen-bond donors (Lipinski definition) is 1. The lowest BCUT2D eigenvalue weighted by molar-refractivity contribution is -0.121. The predicted octanol–water partition coefficient (Wildman–Crippen LogP) is 3.61. The van der Waals surface area contributed by atoms with Crippen molar-refractivity contribution in [3.05, 3.63) is 77.9 Å². The van der Waals surface area contributed by atoms with Gasteiger partial charge in [-0.15, -0.1) is 0 Å². The molecule has 3 aromatic carbocycles. The van der Waals surface area contributed by atoms with Crippen molar-refractivity contribution in [2.45, 2.75) is 23.5 Å². The summed E-state index contributed by atoms with van der Waals surface area (Å²) in [4.78, 5) is 27.5. The van der Waals surface area contributed by atoms with Gasteiger partial charge in [-0.1, -0.05) is 36.4 Å². The maximum Gasteiger partial charge on any atom is 0.244 e. The van der Waals surface area contributed by atoms with Crippen LogP contribution in [0.25, 0.3) is 0 Å². The van der Waals surface area contributed by atoms with E-state index in [1.807, 2.05) is 19.1 Å². The number of carbonyl (C=O) groups is 2. The molecule has 0 saturated heterocycles. The van der Waals surface area contributed by atoms with Gasteiger partial charge in [0, 0.05) is 12.1 Å². The minimum Gasteiger partial charge on any atom is -0.454 e. The number of benzene rings is 3. The van der Waals surface area contributed by atoms with Gasteiger partial charge in [-0.2, -0.15) is 0 Å². The monoisotopic (exact) mass is 478 g/mol. The molecule has 2 aliphatic rings. The zero-order valence-electron chi connectivity index (χ0n) is 18.4. The Bertz CT molecular complexity index is 1400. The van der Waals surface area contributed by atoms with Crippen molar-refractivity contribution in [2.24, 2.45) is 0 Å². The van der Waals surface area contributed by atoms with E-state index in [1.54, 1.807) is 48.5 Å². The molecule has 34 heavy (non-hydrogen) atoms. The molecule has 3 aromatic rings. The molecule has 1 unspecified atom stereocenters. The second-order valence-corrected chi connectivity index (χ2v) is 10.3. The highest BCUT2D eigenvalue weighted by Gasteiger charge is 2.40. The lowest BCUT2D eigenvalue weighted by atomic mass is 10.1. The fraction of sp³-hybridized carbons (Fsp3) is 0.200. The van der Waals surface area contributed by atoms with Crippen LogP contribution in [0.15, 0.2) is 71.6 Å². The number of nitrogens with one attached hydrogen (secondary N) is 1. The molecular formula is C25H22N2O6S. The average Bonchev–Trinajstić information content (AvgIpc) is 3.27. The van der Waals surface area contributed by atoms with E-state index in [1.165, 1.54) is 11.0 Å². The number of hydrogen-bond acceptors (Lipinski definition) is 6. The van der Waals surface area contributed by atoms with Crippen LogP contribution >= 0.6 is 0 Å². The molecule has 2 heterocycles. The molecule has 2 amide bonds. The van der Waals surface area contributed by atoms with Crippen LogP contribution in [0.5, 0.6) is 11.5 Å². The Balaban J connectivity index is 1.50. The molecule has 174 valence electrons. The maximum atomic E-state index is 13.7. The second-order valence-electron chi connectivity index (χ2n) is 8.16. The Kier molecular flexibility index (Phi) is 5.49. The maximum absolute atomic E-state index is 13.7. The largest absolute Gasteiger partial charge is 0.454 e. The number of carbonyl (C=O) groups excluding carboxylic acids is 2. The van der Waals surface area contributed by atoms with Crippen molar-refractivity contribution in [1.82, 2.24) is 0 Å². The van der Waals surface area contributed by atoms with Gasteiger partial charge < -0.3 is 19.7 Å². The van der Waals surface area contributed by atoms with Crippen molar-refractivity contribution in [3.8, 4) is 11.5 Å². The number of amides is 2. The molecule has 0 bridgehead atoms. The van der Waals surface area contributed by atoms with Gasteiger partial charge in [0.05, 0.1) is 15.8 Å². The van der Waals surface area contributed by atoms with Gasteiger partial charge in [-0.3, -0.25) is 9.59 Å². The summed E-state index contributed by atoms with van der Waals surface area (Å²) >= 11 is 0. The van der Waals surface area contributed by atoms with E-state index in [2.05, 4.69) is 5.32 Å². The molecule has 0 aromatic heterocycles. The highest BCUT2D eigenvalue weighted by atomic mass is 32.2. The minimum absolute atomic E-state index is 0.00667. The van der Waals surface area contributed by atoms with Crippen molar-refractivity contribution < 1.29 is 27.5 Å². The molecule has 0 saturated carbocycles. The predicted molar refractivity (Wildman–Crippen MR) is 126 cm³/mol. The molecule has 9 heteroatoms. The number of rotatable bonds is 4. The first kappa shape index (κ1) is 22.0.